The maximum atomic E-state index is 2.40. The number of benzene rings is 6. The zero-order valence-corrected chi connectivity index (χ0v) is 25.6. The van der Waals surface area contributed by atoms with Crippen LogP contribution in [0.1, 0.15) is 48.9 Å². The summed E-state index contributed by atoms with van der Waals surface area (Å²) in [5.41, 5.74) is 17.2. The van der Waals surface area contributed by atoms with Gasteiger partial charge in [0.1, 0.15) is 0 Å². The van der Waals surface area contributed by atoms with Crippen molar-refractivity contribution in [2.24, 2.45) is 0 Å². The van der Waals surface area contributed by atoms with E-state index >= 15 is 0 Å². The van der Waals surface area contributed by atoms with Gasteiger partial charge in [0.2, 0.25) is 0 Å². The SMILES string of the molecule is CC1(C)c2ccccc2-c2ccc(N(c3ccccc3)c3ccc(-c4ccc(-c5cccc6c5CCCC6)cc4)cc3)cc21. The molecule has 0 bridgehead atoms. The molecule has 0 saturated heterocycles. The minimum Gasteiger partial charge on any atom is -0.310 e. The molecule has 0 heterocycles. The van der Waals surface area contributed by atoms with Gasteiger partial charge in [0.25, 0.3) is 0 Å². The maximum absolute atomic E-state index is 2.40. The van der Waals surface area contributed by atoms with Crippen LogP contribution in [0.15, 0.2) is 140 Å². The molecule has 0 atom stereocenters. The van der Waals surface area contributed by atoms with E-state index in [2.05, 4.69) is 158 Å². The molecular formula is C43H37N. The summed E-state index contributed by atoms with van der Waals surface area (Å²) in [6.07, 6.45) is 5.02. The van der Waals surface area contributed by atoms with Crippen molar-refractivity contribution in [3.63, 3.8) is 0 Å². The van der Waals surface area contributed by atoms with Crippen LogP contribution >= 0.6 is 0 Å². The molecule has 8 rings (SSSR count). The second-order valence-corrected chi connectivity index (χ2v) is 12.8. The van der Waals surface area contributed by atoms with Gasteiger partial charge in [-0.1, -0.05) is 117 Å². The molecule has 0 saturated carbocycles. The van der Waals surface area contributed by atoms with Gasteiger partial charge < -0.3 is 4.90 Å². The molecule has 0 aromatic heterocycles. The molecule has 0 amide bonds. The Bertz CT molecular complexity index is 1960. The van der Waals surface area contributed by atoms with Gasteiger partial charge in [-0.3, -0.25) is 0 Å². The molecule has 0 aliphatic heterocycles. The lowest BCUT2D eigenvalue weighted by Crippen LogP contribution is -2.16. The number of hydrogen-bond donors (Lipinski definition) is 0. The molecule has 0 N–H and O–H groups in total. The summed E-state index contributed by atoms with van der Waals surface area (Å²) in [4.78, 5) is 2.38. The van der Waals surface area contributed by atoms with E-state index in [1.165, 1.54) is 81.4 Å². The highest BCUT2D eigenvalue weighted by atomic mass is 15.1. The summed E-state index contributed by atoms with van der Waals surface area (Å²) in [5, 5.41) is 0. The number of nitrogens with zero attached hydrogens (tertiary/aromatic N) is 1. The van der Waals surface area contributed by atoms with Crippen molar-refractivity contribution < 1.29 is 0 Å². The van der Waals surface area contributed by atoms with Gasteiger partial charge in [0, 0.05) is 22.5 Å². The zero-order chi connectivity index (χ0) is 29.7. The van der Waals surface area contributed by atoms with Crippen LogP contribution in [0.25, 0.3) is 33.4 Å². The highest BCUT2D eigenvalue weighted by Crippen LogP contribution is 2.50. The van der Waals surface area contributed by atoms with Crippen LogP contribution in [0, 0.1) is 0 Å². The van der Waals surface area contributed by atoms with E-state index in [0.717, 1.165) is 11.4 Å². The molecule has 44 heavy (non-hydrogen) atoms. The van der Waals surface area contributed by atoms with Gasteiger partial charge in [-0.05, 0) is 118 Å². The Morgan fingerprint density at radius 3 is 1.84 bits per heavy atom. The molecule has 2 aliphatic carbocycles. The first-order valence-corrected chi connectivity index (χ1v) is 16.0. The van der Waals surface area contributed by atoms with Crippen LogP contribution in [-0.2, 0) is 18.3 Å². The lowest BCUT2D eigenvalue weighted by atomic mass is 9.82. The lowest BCUT2D eigenvalue weighted by Gasteiger charge is -2.28. The van der Waals surface area contributed by atoms with Crippen LogP contribution in [0.2, 0.25) is 0 Å². The summed E-state index contributed by atoms with van der Waals surface area (Å²) < 4.78 is 0. The van der Waals surface area contributed by atoms with Crippen LogP contribution < -0.4 is 4.90 Å². The quantitative estimate of drug-likeness (QED) is 0.200. The normalized spacial score (nSPS) is 14.4. The predicted octanol–water partition coefficient (Wildman–Crippen LogP) is 11.7. The van der Waals surface area contributed by atoms with E-state index in [1.807, 2.05) is 0 Å². The van der Waals surface area contributed by atoms with Crippen LogP contribution in [0.4, 0.5) is 17.1 Å². The fraction of sp³-hybridized carbons (Fsp3) is 0.163. The fourth-order valence-corrected chi connectivity index (χ4v) is 7.55. The van der Waals surface area contributed by atoms with E-state index in [0.29, 0.717) is 0 Å². The summed E-state index contributed by atoms with van der Waals surface area (Å²) in [6, 6.07) is 51.6. The maximum Gasteiger partial charge on any atom is 0.0465 e. The Balaban J connectivity index is 1.13. The van der Waals surface area contributed by atoms with Crippen LogP contribution in [-0.4, -0.2) is 0 Å². The van der Waals surface area contributed by atoms with Gasteiger partial charge in [-0.2, -0.15) is 0 Å². The number of hydrogen-bond acceptors (Lipinski definition) is 1. The minimum absolute atomic E-state index is 0.0423. The third-order valence-corrected chi connectivity index (χ3v) is 9.89. The Kier molecular flexibility index (Phi) is 6.49. The highest BCUT2D eigenvalue weighted by molar-refractivity contribution is 5.86. The summed E-state index contributed by atoms with van der Waals surface area (Å²) in [5.74, 6) is 0. The molecule has 1 heteroatoms. The molecule has 1 nitrogen and oxygen atoms in total. The van der Waals surface area contributed by atoms with Crippen molar-refractivity contribution in [1.29, 1.82) is 0 Å². The smallest absolute Gasteiger partial charge is 0.0465 e. The number of para-hydroxylation sites is 1. The second-order valence-electron chi connectivity index (χ2n) is 12.8. The molecule has 0 fully saturated rings. The number of aryl methyl sites for hydroxylation is 1. The largest absolute Gasteiger partial charge is 0.310 e. The van der Waals surface area contributed by atoms with Gasteiger partial charge in [-0.15, -0.1) is 0 Å². The molecule has 0 spiro atoms. The first-order chi connectivity index (χ1) is 21.6. The minimum atomic E-state index is -0.0423. The standard InChI is InChI=1S/C43H37N/c1-43(2)41-18-9-8-16-39(41)40-28-27-36(29-42(40)43)44(34-13-4-3-5-14-34)35-25-23-31(24-26-35)30-19-21-33(22-20-30)38-17-10-12-32-11-6-7-15-37(32)38/h3-5,8-10,12-14,16-29H,6-7,11,15H2,1-2H3. The second kappa shape index (κ2) is 10.7. The topological polar surface area (TPSA) is 3.24 Å². The monoisotopic (exact) mass is 567 g/mol. The van der Waals surface area contributed by atoms with Crippen molar-refractivity contribution in [2.45, 2.75) is 44.9 Å². The summed E-state index contributed by atoms with van der Waals surface area (Å²) >= 11 is 0. The first-order valence-electron chi connectivity index (χ1n) is 16.0. The molecule has 2 aliphatic rings. The van der Waals surface area contributed by atoms with Crippen LogP contribution in [0.3, 0.4) is 0 Å². The number of rotatable bonds is 5. The number of fused-ring (bicyclic) bond motifs is 4. The Morgan fingerprint density at radius 2 is 1.05 bits per heavy atom. The van der Waals surface area contributed by atoms with Crippen molar-refractivity contribution in [3.8, 4) is 33.4 Å². The third kappa shape index (κ3) is 4.47. The predicted molar refractivity (Wildman–Crippen MR) is 186 cm³/mol. The molecule has 6 aromatic rings. The summed E-state index contributed by atoms with van der Waals surface area (Å²) in [6.45, 7) is 4.70. The Morgan fingerprint density at radius 1 is 0.455 bits per heavy atom. The van der Waals surface area contributed by atoms with E-state index in [-0.39, 0.29) is 5.41 Å². The van der Waals surface area contributed by atoms with E-state index in [1.54, 1.807) is 5.56 Å². The van der Waals surface area contributed by atoms with Crippen LogP contribution in [0.5, 0.6) is 0 Å². The van der Waals surface area contributed by atoms with Gasteiger partial charge in [-0.25, -0.2) is 0 Å². The zero-order valence-electron chi connectivity index (χ0n) is 25.6. The molecular weight excluding hydrogens is 530 g/mol. The summed E-state index contributed by atoms with van der Waals surface area (Å²) in [7, 11) is 0. The fourth-order valence-electron chi connectivity index (χ4n) is 7.55. The van der Waals surface area contributed by atoms with Gasteiger partial charge >= 0.3 is 0 Å². The first kappa shape index (κ1) is 26.7. The van der Waals surface area contributed by atoms with Crippen molar-refractivity contribution >= 4 is 17.1 Å². The molecule has 0 unspecified atom stereocenters. The van der Waals surface area contributed by atoms with Crippen molar-refractivity contribution in [3.05, 3.63) is 162 Å². The number of anilines is 3. The Labute approximate surface area is 261 Å². The van der Waals surface area contributed by atoms with E-state index < -0.39 is 0 Å². The van der Waals surface area contributed by atoms with E-state index in [4.69, 9.17) is 0 Å². The average molecular weight is 568 g/mol. The molecule has 0 radical (unpaired) electrons. The molecule has 214 valence electrons. The Hall–Kier alpha value is -4.88. The molecule has 6 aromatic carbocycles. The lowest BCUT2D eigenvalue weighted by molar-refractivity contribution is 0.660. The van der Waals surface area contributed by atoms with Crippen molar-refractivity contribution in [2.75, 3.05) is 4.90 Å². The van der Waals surface area contributed by atoms with Gasteiger partial charge in [0.05, 0.1) is 0 Å². The third-order valence-electron chi connectivity index (χ3n) is 9.89. The van der Waals surface area contributed by atoms with Gasteiger partial charge in [0.15, 0.2) is 0 Å². The van der Waals surface area contributed by atoms with E-state index in [9.17, 15) is 0 Å². The highest BCUT2D eigenvalue weighted by Gasteiger charge is 2.35. The average Bonchev–Trinajstić information content (AvgIpc) is 3.31. The van der Waals surface area contributed by atoms with Crippen molar-refractivity contribution in [1.82, 2.24) is 0 Å².